The van der Waals surface area contributed by atoms with E-state index in [1.54, 1.807) is 11.0 Å². The summed E-state index contributed by atoms with van der Waals surface area (Å²) in [5.74, 6) is 1.08. The molecule has 1 aromatic rings. The van der Waals surface area contributed by atoms with Crippen molar-refractivity contribution < 1.29 is 19.1 Å². The molecule has 3 rings (SSSR count). The molecule has 1 unspecified atom stereocenters. The van der Waals surface area contributed by atoms with Gasteiger partial charge in [-0.2, -0.15) is 0 Å². The van der Waals surface area contributed by atoms with E-state index >= 15 is 0 Å². The number of ether oxygens (including phenoxy) is 2. The molecule has 0 saturated carbocycles. The average molecular weight is 395 g/mol. The maximum absolute atomic E-state index is 12.8. The lowest BCUT2D eigenvalue weighted by Gasteiger charge is -2.32. The molecule has 6 nitrogen and oxygen atoms in total. The number of carbonyl (C=O) groups is 2. The van der Waals surface area contributed by atoms with Crippen LogP contribution in [-0.2, 0) is 16.0 Å². The molecule has 27 heavy (non-hydrogen) atoms. The van der Waals surface area contributed by atoms with E-state index in [-0.39, 0.29) is 24.2 Å². The van der Waals surface area contributed by atoms with Gasteiger partial charge in [-0.05, 0) is 37.0 Å². The standard InChI is InChI=1S/C20H27ClN2O4/c1-2-6-22-20(25)15-5-3-7-23(13-15)18(24)12-14-10-16(21)19-17(11-14)26-8-4-9-27-19/h10-11,15H,2-9,12-13H2,1H3,(H,22,25). The molecule has 1 N–H and O–H groups in total. The first-order valence-corrected chi connectivity index (χ1v) is 10.1. The Morgan fingerprint density at radius 2 is 2.07 bits per heavy atom. The SMILES string of the molecule is CCCNC(=O)C1CCCN(C(=O)Cc2cc(Cl)c3c(c2)OCCCO3)C1. The van der Waals surface area contributed by atoms with Gasteiger partial charge >= 0.3 is 0 Å². The first kappa shape index (κ1) is 19.8. The van der Waals surface area contributed by atoms with E-state index in [9.17, 15) is 9.59 Å². The van der Waals surface area contributed by atoms with Gasteiger partial charge in [0.25, 0.3) is 0 Å². The third-order valence-electron chi connectivity index (χ3n) is 4.91. The summed E-state index contributed by atoms with van der Waals surface area (Å²) in [6.07, 6.45) is 3.62. The van der Waals surface area contributed by atoms with Crippen LogP contribution in [0.1, 0.15) is 38.2 Å². The van der Waals surface area contributed by atoms with Crippen LogP contribution in [0.2, 0.25) is 5.02 Å². The molecule has 0 aromatic heterocycles. The highest BCUT2D eigenvalue weighted by molar-refractivity contribution is 6.32. The molecule has 1 atom stereocenters. The summed E-state index contributed by atoms with van der Waals surface area (Å²) in [5, 5.41) is 3.40. The Morgan fingerprint density at radius 3 is 2.89 bits per heavy atom. The number of nitrogens with zero attached hydrogens (tertiary/aromatic N) is 1. The van der Waals surface area contributed by atoms with Crippen molar-refractivity contribution >= 4 is 23.4 Å². The van der Waals surface area contributed by atoms with Gasteiger partial charge in [0.1, 0.15) is 0 Å². The third-order valence-corrected chi connectivity index (χ3v) is 5.19. The molecular formula is C20H27ClN2O4. The zero-order valence-electron chi connectivity index (χ0n) is 15.8. The van der Waals surface area contributed by atoms with Crippen molar-refractivity contribution in [3.63, 3.8) is 0 Å². The monoisotopic (exact) mass is 394 g/mol. The number of likely N-dealkylation sites (tertiary alicyclic amines) is 1. The molecule has 2 aliphatic rings. The van der Waals surface area contributed by atoms with E-state index in [2.05, 4.69) is 5.32 Å². The molecular weight excluding hydrogens is 368 g/mol. The summed E-state index contributed by atoms with van der Waals surface area (Å²) in [4.78, 5) is 26.8. The number of halogens is 1. The average Bonchev–Trinajstić information content (AvgIpc) is 2.92. The Morgan fingerprint density at radius 1 is 1.26 bits per heavy atom. The number of amides is 2. The minimum atomic E-state index is -0.124. The van der Waals surface area contributed by atoms with E-state index in [0.29, 0.717) is 49.4 Å². The van der Waals surface area contributed by atoms with Crippen molar-refractivity contribution in [1.29, 1.82) is 0 Å². The van der Waals surface area contributed by atoms with Gasteiger partial charge in [0.2, 0.25) is 11.8 Å². The Bertz CT molecular complexity index is 695. The lowest BCUT2D eigenvalue weighted by Crippen LogP contribution is -2.46. The number of piperidine rings is 1. The maximum atomic E-state index is 12.8. The van der Waals surface area contributed by atoms with Gasteiger partial charge in [-0.3, -0.25) is 9.59 Å². The fourth-order valence-corrected chi connectivity index (χ4v) is 3.77. The normalized spacial score (nSPS) is 19.3. The van der Waals surface area contributed by atoms with Crippen LogP contribution in [0.5, 0.6) is 11.5 Å². The van der Waals surface area contributed by atoms with Gasteiger partial charge in [0.05, 0.1) is 30.6 Å². The Hall–Kier alpha value is -1.95. The summed E-state index contributed by atoms with van der Waals surface area (Å²) >= 11 is 6.32. The topological polar surface area (TPSA) is 67.9 Å². The molecule has 1 aromatic carbocycles. The van der Waals surface area contributed by atoms with Crippen LogP contribution in [0, 0.1) is 5.92 Å². The second kappa shape index (κ2) is 9.31. The summed E-state index contributed by atoms with van der Waals surface area (Å²) in [6, 6.07) is 3.60. The molecule has 0 radical (unpaired) electrons. The minimum absolute atomic E-state index is 0.00792. The fourth-order valence-electron chi connectivity index (χ4n) is 3.48. The minimum Gasteiger partial charge on any atom is -0.489 e. The number of hydrogen-bond donors (Lipinski definition) is 1. The van der Waals surface area contributed by atoms with Gasteiger partial charge in [0, 0.05) is 26.1 Å². The van der Waals surface area contributed by atoms with Crippen LogP contribution in [0.3, 0.4) is 0 Å². The number of benzene rings is 1. The highest BCUT2D eigenvalue weighted by atomic mass is 35.5. The van der Waals surface area contributed by atoms with Crippen LogP contribution >= 0.6 is 11.6 Å². The van der Waals surface area contributed by atoms with Crippen LogP contribution in [0.15, 0.2) is 12.1 Å². The maximum Gasteiger partial charge on any atom is 0.227 e. The summed E-state index contributed by atoms with van der Waals surface area (Å²) in [6.45, 7) is 5.01. The van der Waals surface area contributed by atoms with Crippen molar-refractivity contribution in [2.75, 3.05) is 32.8 Å². The summed E-state index contributed by atoms with van der Waals surface area (Å²) in [7, 11) is 0. The molecule has 2 aliphatic heterocycles. The van der Waals surface area contributed by atoms with Crippen LogP contribution in [0.4, 0.5) is 0 Å². The van der Waals surface area contributed by atoms with Crippen molar-refractivity contribution in [1.82, 2.24) is 10.2 Å². The quantitative estimate of drug-likeness (QED) is 0.833. The lowest BCUT2D eigenvalue weighted by atomic mass is 9.96. The molecule has 1 saturated heterocycles. The lowest BCUT2D eigenvalue weighted by molar-refractivity contribution is -0.135. The zero-order chi connectivity index (χ0) is 19.2. The Kier molecular flexibility index (Phi) is 6.83. The summed E-state index contributed by atoms with van der Waals surface area (Å²) in [5.41, 5.74) is 0.798. The van der Waals surface area contributed by atoms with Gasteiger partial charge < -0.3 is 19.7 Å². The number of carbonyl (C=O) groups excluding carboxylic acids is 2. The van der Waals surface area contributed by atoms with Crippen molar-refractivity contribution in [3.05, 3.63) is 22.7 Å². The van der Waals surface area contributed by atoms with E-state index in [0.717, 1.165) is 31.2 Å². The first-order chi connectivity index (χ1) is 13.1. The number of hydrogen-bond acceptors (Lipinski definition) is 4. The van der Waals surface area contributed by atoms with E-state index < -0.39 is 0 Å². The molecule has 2 amide bonds. The number of nitrogens with one attached hydrogen (secondary N) is 1. The summed E-state index contributed by atoms with van der Waals surface area (Å²) < 4.78 is 11.3. The molecule has 148 valence electrons. The highest BCUT2D eigenvalue weighted by Gasteiger charge is 2.28. The Balaban J connectivity index is 1.64. The zero-order valence-corrected chi connectivity index (χ0v) is 16.5. The predicted molar refractivity (Wildman–Crippen MR) is 103 cm³/mol. The Labute approximate surface area is 165 Å². The van der Waals surface area contributed by atoms with Crippen LogP contribution < -0.4 is 14.8 Å². The van der Waals surface area contributed by atoms with Crippen LogP contribution in [0.25, 0.3) is 0 Å². The van der Waals surface area contributed by atoms with E-state index in [1.165, 1.54) is 0 Å². The predicted octanol–water partition coefficient (Wildman–Crippen LogP) is 2.81. The van der Waals surface area contributed by atoms with Gasteiger partial charge in [0.15, 0.2) is 11.5 Å². The second-order valence-electron chi connectivity index (χ2n) is 7.10. The first-order valence-electron chi connectivity index (χ1n) is 9.72. The van der Waals surface area contributed by atoms with Gasteiger partial charge in [-0.25, -0.2) is 0 Å². The molecule has 7 heteroatoms. The molecule has 0 aliphatic carbocycles. The smallest absolute Gasteiger partial charge is 0.227 e. The third kappa shape index (κ3) is 5.06. The van der Waals surface area contributed by atoms with Gasteiger partial charge in [-0.1, -0.05) is 18.5 Å². The molecule has 2 heterocycles. The van der Waals surface area contributed by atoms with Crippen molar-refractivity contribution in [3.8, 4) is 11.5 Å². The highest BCUT2D eigenvalue weighted by Crippen LogP contribution is 2.38. The van der Waals surface area contributed by atoms with E-state index in [1.807, 2.05) is 13.0 Å². The second-order valence-corrected chi connectivity index (χ2v) is 7.51. The van der Waals surface area contributed by atoms with Crippen molar-refractivity contribution in [2.45, 2.75) is 39.0 Å². The van der Waals surface area contributed by atoms with Gasteiger partial charge in [-0.15, -0.1) is 0 Å². The molecule has 1 fully saturated rings. The number of fused-ring (bicyclic) bond motifs is 1. The van der Waals surface area contributed by atoms with E-state index in [4.69, 9.17) is 21.1 Å². The number of rotatable bonds is 5. The van der Waals surface area contributed by atoms with Crippen molar-refractivity contribution in [2.24, 2.45) is 5.92 Å². The molecule has 0 spiro atoms. The van der Waals surface area contributed by atoms with Crippen LogP contribution in [-0.4, -0.2) is 49.6 Å². The fraction of sp³-hybridized carbons (Fsp3) is 0.600. The molecule has 0 bridgehead atoms. The largest absolute Gasteiger partial charge is 0.489 e.